The van der Waals surface area contributed by atoms with Crippen molar-refractivity contribution in [3.63, 3.8) is 0 Å². The molecule has 3 heterocycles. The van der Waals surface area contributed by atoms with E-state index in [1.165, 1.54) is 107 Å². The lowest BCUT2D eigenvalue weighted by atomic mass is 9.33. The maximum atomic E-state index is 5.47. The van der Waals surface area contributed by atoms with Crippen LogP contribution >= 0.6 is 11.3 Å². The molecule has 2 aliphatic heterocycles. The van der Waals surface area contributed by atoms with Gasteiger partial charge in [-0.2, -0.15) is 0 Å². The number of rotatable bonds is 3. The van der Waals surface area contributed by atoms with Crippen molar-refractivity contribution in [3.8, 4) is 10.6 Å². The van der Waals surface area contributed by atoms with Crippen LogP contribution in [0.5, 0.6) is 0 Å². The van der Waals surface area contributed by atoms with Gasteiger partial charge in [0.1, 0.15) is 5.01 Å². The fraction of sp³-hybridized carbons (Fsp3) is 0.393. The van der Waals surface area contributed by atoms with Gasteiger partial charge in [0.25, 0.3) is 6.71 Å². The second-order valence-corrected chi connectivity index (χ2v) is 26.4. The first-order valence-corrected chi connectivity index (χ1v) is 25.3. The van der Waals surface area contributed by atoms with Gasteiger partial charge in [-0.15, -0.1) is 11.3 Å². The normalized spacial score (nSPS) is 16.5. The van der Waals surface area contributed by atoms with Gasteiger partial charge >= 0.3 is 0 Å². The lowest BCUT2D eigenvalue weighted by Crippen LogP contribution is -2.61. The van der Waals surface area contributed by atoms with Gasteiger partial charge in [0.2, 0.25) is 0 Å². The minimum Gasteiger partial charge on any atom is -0.311 e. The second-order valence-electron chi connectivity index (χ2n) is 25.3. The van der Waals surface area contributed by atoms with E-state index < -0.39 is 0 Å². The Labute approximate surface area is 400 Å². The zero-order valence-electron chi connectivity index (χ0n) is 42.6. The molecular weight excluding hydrogens is 818 g/mol. The Balaban J connectivity index is 1.30. The zero-order valence-corrected chi connectivity index (χ0v) is 43.5. The number of benzene rings is 6. The number of fused-ring (bicyclic) bond motifs is 6. The number of hydrogen-bond donors (Lipinski definition) is 0. The van der Waals surface area contributed by atoms with E-state index in [9.17, 15) is 0 Å². The first-order chi connectivity index (χ1) is 30.7. The summed E-state index contributed by atoms with van der Waals surface area (Å²) in [6.45, 7) is 37.7. The minimum absolute atomic E-state index is 0.00619. The summed E-state index contributed by atoms with van der Waals surface area (Å²) in [5.74, 6) is 0. The highest BCUT2D eigenvalue weighted by atomic mass is 32.1. The van der Waals surface area contributed by atoms with Crippen molar-refractivity contribution in [1.82, 2.24) is 4.98 Å². The third-order valence-corrected chi connectivity index (χ3v) is 16.5. The van der Waals surface area contributed by atoms with E-state index in [0.29, 0.717) is 0 Å². The molecule has 3 nitrogen and oxygen atoms in total. The average molecular weight is 888 g/mol. The standard InChI is InChI=1S/C61H70BN3S/c1-56(2,3)38-19-17-37(18-20-38)55-63-48-36-50-47(35-53(48)66-55)62-46-31-40(58(7,8)9)23-28-49(46)64(42-24-21-39(22-25-42)57(4,5)6)51-32-41(59(10,11)12)33-52(54(51)62)65(50)43-26-27-44-45(34-43)61(15,16)30-29-60(44,13)14/h17-28,31-36H,29-30H2,1-16H3. The summed E-state index contributed by atoms with van der Waals surface area (Å²) < 4.78 is 1.22. The van der Waals surface area contributed by atoms with Gasteiger partial charge < -0.3 is 9.80 Å². The second kappa shape index (κ2) is 14.7. The van der Waals surface area contributed by atoms with Crippen LogP contribution in [0.4, 0.5) is 34.1 Å². The molecule has 0 fully saturated rings. The van der Waals surface area contributed by atoms with E-state index >= 15 is 0 Å². The van der Waals surface area contributed by atoms with Crippen LogP contribution in [0.25, 0.3) is 20.8 Å². The first-order valence-electron chi connectivity index (χ1n) is 24.4. The summed E-state index contributed by atoms with van der Waals surface area (Å²) in [6.07, 6.45) is 2.35. The van der Waals surface area contributed by atoms with Crippen LogP contribution in [0.15, 0.2) is 109 Å². The first kappa shape index (κ1) is 44.7. The Morgan fingerprint density at radius 2 is 0.970 bits per heavy atom. The Bertz CT molecular complexity index is 3070. The molecule has 1 aromatic heterocycles. The predicted octanol–water partition coefficient (Wildman–Crippen LogP) is 15.6. The molecular formula is C61H70BN3S. The third kappa shape index (κ3) is 7.34. The molecule has 0 N–H and O–H groups in total. The third-order valence-electron chi connectivity index (χ3n) is 15.4. The van der Waals surface area contributed by atoms with Gasteiger partial charge in [-0.3, -0.25) is 0 Å². The van der Waals surface area contributed by atoms with E-state index in [1.54, 1.807) is 0 Å². The SMILES string of the molecule is CC(C)(C)c1ccc(-c2nc3cc4c(cc3s2)B2c3cc(C(C)(C)C)ccc3N(c3ccc(C(C)(C)C)cc3)c3cc(C(C)(C)C)cc(c32)N4c2ccc3c(c2)C(C)(C)CCC3(C)C)cc1. The summed E-state index contributed by atoms with van der Waals surface area (Å²) in [6, 6.07) is 43.3. The molecule has 0 unspecified atom stereocenters. The molecule has 10 rings (SSSR count). The molecule has 0 saturated carbocycles. The van der Waals surface area contributed by atoms with E-state index in [-0.39, 0.29) is 39.2 Å². The smallest absolute Gasteiger partial charge is 0.252 e. The van der Waals surface area contributed by atoms with Crippen molar-refractivity contribution < 1.29 is 0 Å². The summed E-state index contributed by atoms with van der Waals surface area (Å²) in [7, 11) is 0. The highest BCUT2D eigenvalue weighted by Gasteiger charge is 2.46. The quantitative estimate of drug-likeness (QED) is 0.165. The number of nitrogens with zero attached hydrogens (tertiary/aromatic N) is 3. The topological polar surface area (TPSA) is 19.4 Å². The Kier molecular flexibility index (Phi) is 9.95. The highest BCUT2D eigenvalue weighted by molar-refractivity contribution is 7.21. The largest absolute Gasteiger partial charge is 0.311 e. The number of aromatic nitrogens is 1. The van der Waals surface area contributed by atoms with Gasteiger partial charge in [0.15, 0.2) is 0 Å². The molecule has 338 valence electrons. The molecule has 5 heteroatoms. The molecule has 6 aromatic carbocycles. The molecule has 66 heavy (non-hydrogen) atoms. The monoisotopic (exact) mass is 888 g/mol. The van der Waals surface area contributed by atoms with Crippen molar-refractivity contribution in [1.29, 1.82) is 0 Å². The predicted molar refractivity (Wildman–Crippen MR) is 289 cm³/mol. The van der Waals surface area contributed by atoms with E-state index in [0.717, 1.165) is 10.5 Å². The Hall–Kier alpha value is -5.13. The number of anilines is 6. The van der Waals surface area contributed by atoms with Crippen molar-refractivity contribution in [3.05, 3.63) is 143 Å². The van der Waals surface area contributed by atoms with Gasteiger partial charge in [-0.1, -0.05) is 165 Å². The van der Waals surface area contributed by atoms with Crippen LogP contribution < -0.4 is 26.2 Å². The molecule has 3 aliphatic rings. The average Bonchev–Trinajstić information content (AvgIpc) is 3.66. The van der Waals surface area contributed by atoms with Crippen LogP contribution in [-0.4, -0.2) is 11.7 Å². The minimum atomic E-state index is -0.108. The van der Waals surface area contributed by atoms with E-state index in [4.69, 9.17) is 4.98 Å². The van der Waals surface area contributed by atoms with Crippen LogP contribution in [0, 0.1) is 0 Å². The molecule has 0 radical (unpaired) electrons. The van der Waals surface area contributed by atoms with Crippen LogP contribution in [0.1, 0.15) is 157 Å². The van der Waals surface area contributed by atoms with Crippen molar-refractivity contribution >= 4 is 78.8 Å². The van der Waals surface area contributed by atoms with Crippen LogP contribution in [-0.2, 0) is 32.5 Å². The molecule has 0 bridgehead atoms. The molecule has 0 amide bonds. The molecule has 0 saturated heterocycles. The van der Waals surface area contributed by atoms with Crippen molar-refractivity contribution in [2.45, 2.75) is 156 Å². The van der Waals surface area contributed by atoms with Crippen LogP contribution in [0.3, 0.4) is 0 Å². The fourth-order valence-corrected chi connectivity index (χ4v) is 11.9. The van der Waals surface area contributed by atoms with Gasteiger partial charge in [-0.25, -0.2) is 4.98 Å². The molecule has 1 aliphatic carbocycles. The Morgan fingerprint density at radius 3 is 1.55 bits per heavy atom. The highest BCUT2D eigenvalue weighted by Crippen LogP contribution is 2.51. The van der Waals surface area contributed by atoms with Crippen LogP contribution in [0.2, 0.25) is 0 Å². The number of thiazole rings is 1. The Morgan fingerprint density at radius 1 is 0.470 bits per heavy atom. The lowest BCUT2D eigenvalue weighted by Gasteiger charge is -2.46. The summed E-state index contributed by atoms with van der Waals surface area (Å²) in [4.78, 5) is 10.7. The fourth-order valence-electron chi connectivity index (χ4n) is 10.9. The van der Waals surface area contributed by atoms with Gasteiger partial charge in [-0.05, 0) is 150 Å². The van der Waals surface area contributed by atoms with E-state index in [1.807, 2.05) is 11.3 Å². The van der Waals surface area contributed by atoms with Gasteiger partial charge in [0.05, 0.1) is 10.2 Å². The van der Waals surface area contributed by atoms with Gasteiger partial charge in [0, 0.05) is 39.7 Å². The maximum Gasteiger partial charge on any atom is 0.252 e. The molecule has 7 aromatic rings. The van der Waals surface area contributed by atoms with Crippen molar-refractivity contribution in [2.75, 3.05) is 9.80 Å². The molecule has 0 atom stereocenters. The summed E-state index contributed by atoms with van der Waals surface area (Å²) >= 11 is 1.82. The lowest BCUT2D eigenvalue weighted by molar-refractivity contribution is 0.332. The van der Waals surface area contributed by atoms with Crippen molar-refractivity contribution in [2.24, 2.45) is 0 Å². The zero-order chi connectivity index (χ0) is 47.3. The molecule has 0 spiro atoms. The number of hydrogen-bond acceptors (Lipinski definition) is 4. The maximum absolute atomic E-state index is 5.47. The van der Waals surface area contributed by atoms with E-state index in [2.05, 4.69) is 230 Å². The summed E-state index contributed by atoms with van der Waals surface area (Å²) in [5.41, 5.74) is 22.2. The summed E-state index contributed by atoms with van der Waals surface area (Å²) in [5, 5.41) is 1.06.